The Hall–Kier alpha value is -2.08. The van der Waals surface area contributed by atoms with Gasteiger partial charge in [0.1, 0.15) is 0 Å². The van der Waals surface area contributed by atoms with Gasteiger partial charge in [-0.1, -0.05) is 48.5 Å². The number of benzene rings is 2. The highest BCUT2D eigenvalue weighted by molar-refractivity contribution is 8.00. The van der Waals surface area contributed by atoms with Crippen LogP contribution in [0.25, 0.3) is 10.4 Å². The van der Waals surface area contributed by atoms with Crippen LogP contribution in [0.1, 0.15) is 12.0 Å². The topological polar surface area (TPSA) is 49.3 Å². The van der Waals surface area contributed by atoms with Gasteiger partial charge in [0.2, 0.25) is 5.91 Å². The molecule has 0 aliphatic rings. The van der Waals surface area contributed by atoms with Crippen LogP contribution < -0.4 is 5.48 Å². The molecule has 5 heteroatoms. The molecule has 2 N–H and O–H groups in total. The number of carbonyl (C=O) groups is 1. The fourth-order valence-electron chi connectivity index (χ4n) is 2.62. The second-order valence-corrected chi connectivity index (χ2v) is 7.99. The van der Waals surface area contributed by atoms with Gasteiger partial charge in [-0.05, 0) is 41.1 Å². The number of thioether (sulfide) groups is 1. The molecule has 1 atom stereocenters. The predicted octanol–water partition coefficient (Wildman–Crippen LogP) is 5.01. The van der Waals surface area contributed by atoms with Crippen molar-refractivity contribution in [1.29, 1.82) is 0 Å². The molecule has 25 heavy (non-hydrogen) atoms. The van der Waals surface area contributed by atoms with Crippen molar-refractivity contribution in [2.75, 3.05) is 0 Å². The highest BCUT2D eigenvalue weighted by Gasteiger charge is 2.16. The Morgan fingerprint density at radius 1 is 1.04 bits per heavy atom. The number of hydrogen-bond donors (Lipinski definition) is 2. The Kier molecular flexibility index (Phi) is 6.28. The van der Waals surface area contributed by atoms with E-state index in [1.807, 2.05) is 24.3 Å². The zero-order valence-corrected chi connectivity index (χ0v) is 15.2. The smallest absolute Gasteiger partial charge is 0.244 e. The maximum Gasteiger partial charge on any atom is 0.244 e. The van der Waals surface area contributed by atoms with Crippen LogP contribution in [0, 0.1) is 0 Å². The van der Waals surface area contributed by atoms with Crippen LogP contribution in [0.5, 0.6) is 0 Å². The van der Waals surface area contributed by atoms with E-state index in [2.05, 4.69) is 47.8 Å². The van der Waals surface area contributed by atoms with Crippen molar-refractivity contribution >= 4 is 29.0 Å². The average molecular weight is 370 g/mol. The van der Waals surface area contributed by atoms with E-state index in [1.54, 1.807) is 28.6 Å². The molecule has 0 spiro atoms. The molecule has 0 saturated carbocycles. The highest BCUT2D eigenvalue weighted by Crippen LogP contribution is 2.31. The van der Waals surface area contributed by atoms with Gasteiger partial charge >= 0.3 is 0 Å². The van der Waals surface area contributed by atoms with E-state index >= 15 is 0 Å². The first kappa shape index (κ1) is 17.7. The third-order valence-corrected chi connectivity index (χ3v) is 5.94. The van der Waals surface area contributed by atoms with Crippen molar-refractivity contribution in [3.63, 3.8) is 0 Å². The maximum absolute atomic E-state index is 11.6. The molecule has 2 aromatic carbocycles. The minimum Gasteiger partial charge on any atom is -0.289 e. The molecular formula is C20H19NO2S2. The van der Waals surface area contributed by atoms with E-state index in [-0.39, 0.29) is 17.6 Å². The van der Waals surface area contributed by atoms with Crippen LogP contribution in [0.4, 0.5) is 0 Å². The number of thiophene rings is 1. The van der Waals surface area contributed by atoms with Crippen molar-refractivity contribution < 1.29 is 10.0 Å². The van der Waals surface area contributed by atoms with Gasteiger partial charge in [-0.3, -0.25) is 10.0 Å². The lowest BCUT2D eigenvalue weighted by Crippen LogP contribution is -2.24. The molecule has 1 amide bonds. The largest absolute Gasteiger partial charge is 0.289 e. The molecule has 1 aromatic heterocycles. The molecule has 0 saturated heterocycles. The highest BCUT2D eigenvalue weighted by atomic mass is 32.2. The van der Waals surface area contributed by atoms with Crippen LogP contribution in [0.15, 0.2) is 77.0 Å². The van der Waals surface area contributed by atoms with Gasteiger partial charge in [0, 0.05) is 21.4 Å². The van der Waals surface area contributed by atoms with Crippen LogP contribution in [-0.2, 0) is 11.2 Å². The summed E-state index contributed by atoms with van der Waals surface area (Å²) in [4.78, 5) is 14.0. The number of amides is 1. The molecule has 3 nitrogen and oxygen atoms in total. The molecule has 1 heterocycles. The summed E-state index contributed by atoms with van der Waals surface area (Å²) >= 11 is 3.39. The second kappa shape index (κ2) is 8.85. The van der Waals surface area contributed by atoms with E-state index in [1.165, 1.54) is 16.0 Å². The lowest BCUT2D eigenvalue weighted by Gasteiger charge is -2.16. The molecule has 0 aliphatic heterocycles. The Balaban J connectivity index is 1.71. The quantitative estimate of drug-likeness (QED) is 0.349. The summed E-state index contributed by atoms with van der Waals surface area (Å²) in [6.07, 6.45) is 1.04. The summed E-state index contributed by atoms with van der Waals surface area (Å²) in [6.45, 7) is 0. The number of carbonyl (C=O) groups excluding carboxylic acids is 1. The van der Waals surface area contributed by atoms with E-state index in [9.17, 15) is 4.79 Å². The van der Waals surface area contributed by atoms with Gasteiger partial charge in [0.15, 0.2) is 0 Å². The summed E-state index contributed by atoms with van der Waals surface area (Å²) in [5, 5.41) is 11.0. The van der Waals surface area contributed by atoms with Gasteiger partial charge in [-0.15, -0.1) is 23.1 Å². The molecule has 3 rings (SSSR count). The summed E-state index contributed by atoms with van der Waals surface area (Å²) < 4.78 is 0. The Morgan fingerprint density at radius 2 is 1.80 bits per heavy atom. The summed E-state index contributed by atoms with van der Waals surface area (Å²) in [5.74, 6) is -0.358. The predicted molar refractivity (Wildman–Crippen MR) is 104 cm³/mol. The van der Waals surface area contributed by atoms with Crippen LogP contribution in [0.2, 0.25) is 0 Å². The number of nitrogens with one attached hydrogen (secondary N) is 1. The third-order valence-electron chi connectivity index (χ3n) is 3.81. The van der Waals surface area contributed by atoms with Crippen molar-refractivity contribution in [3.8, 4) is 10.4 Å². The second-order valence-electron chi connectivity index (χ2n) is 5.67. The van der Waals surface area contributed by atoms with E-state index in [0.29, 0.717) is 0 Å². The maximum atomic E-state index is 11.6. The summed E-state index contributed by atoms with van der Waals surface area (Å²) in [6, 6.07) is 22.7. The molecule has 0 bridgehead atoms. The molecule has 0 aliphatic carbocycles. The zero-order chi connectivity index (χ0) is 17.5. The Labute approximate surface area is 155 Å². The van der Waals surface area contributed by atoms with Crippen molar-refractivity contribution in [3.05, 3.63) is 77.7 Å². The zero-order valence-electron chi connectivity index (χ0n) is 13.6. The minimum atomic E-state index is -0.358. The first-order chi connectivity index (χ1) is 12.2. The molecule has 0 fully saturated rings. The number of rotatable bonds is 7. The summed E-state index contributed by atoms with van der Waals surface area (Å²) in [7, 11) is 0. The lowest BCUT2D eigenvalue weighted by molar-refractivity contribution is -0.129. The standard InChI is InChI=1S/C20H19NO2S2/c22-20(21-23)14-18(13-15-5-2-1-3-6-15)25-17-10-8-16(9-11-17)19-7-4-12-24-19/h1-12,18,23H,13-14H2,(H,21,22). The lowest BCUT2D eigenvalue weighted by atomic mass is 10.1. The molecule has 3 aromatic rings. The van der Waals surface area contributed by atoms with Crippen molar-refractivity contribution in [2.45, 2.75) is 23.0 Å². The number of hydroxylamine groups is 1. The van der Waals surface area contributed by atoms with Crippen molar-refractivity contribution in [2.24, 2.45) is 0 Å². The van der Waals surface area contributed by atoms with Crippen LogP contribution in [-0.4, -0.2) is 16.4 Å². The van der Waals surface area contributed by atoms with Gasteiger partial charge in [-0.2, -0.15) is 0 Å². The monoisotopic (exact) mass is 369 g/mol. The average Bonchev–Trinajstić information content (AvgIpc) is 3.18. The SMILES string of the molecule is O=C(CC(Cc1ccccc1)Sc1ccc(-c2cccs2)cc1)NO. The van der Waals surface area contributed by atoms with Crippen LogP contribution >= 0.6 is 23.1 Å². The number of hydrogen-bond acceptors (Lipinski definition) is 4. The van der Waals surface area contributed by atoms with Gasteiger partial charge in [0.05, 0.1) is 0 Å². The fourth-order valence-corrected chi connectivity index (χ4v) is 4.54. The summed E-state index contributed by atoms with van der Waals surface area (Å²) in [5.41, 5.74) is 4.13. The van der Waals surface area contributed by atoms with E-state index < -0.39 is 0 Å². The Bertz CT molecular complexity index is 786. The molecule has 0 radical (unpaired) electrons. The molecule has 128 valence electrons. The third kappa shape index (κ3) is 5.19. The van der Waals surface area contributed by atoms with E-state index in [4.69, 9.17) is 5.21 Å². The molecule has 1 unspecified atom stereocenters. The normalized spacial score (nSPS) is 11.9. The van der Waals surface area contributed by atoms with Crippen molar-refractivity contribution in [1.82, 2.24) is 5.48 Å². The van der Waals surface area contributed by atoms with Gasteiger partial charge in [-0.25, -0.2) is 5.48 Å². The fraction of sp³-hybridized carbons (Fsp3) is 0.150. The van der Waals surface area contributed by atoms with Gasteiger partial charge < -0.3 is 0 Å². The Morgan fingerprint density at radius 3 is 2.44 bits per heavy atom. The first-order valence-corrected chi connectivity index (χ1v) is 9.78. The minimum absolute atomic E-state index is 0.0575. The van der Waals surface area contributed by atoms with Crippen LogP contribution in [0.3, 0.4) is 0 Å². The molecular weight excluding hydrogens is 350 g/mol. The first-order valence-electron chi connectivity index (χ1n) is 8.02. The van der Waals surface area contributed by atoms with E-state index in [0.717, 1.165) is 11.3 Å². The van der Waals surface area contributed by atoms with Gasteiger partial charge in [0.25, 0.3) is 0 Å².